The number of carboxylic acid groups (broad SMARTS) is 1. The van der Waals surface area contributed by atoms with Crippen LogP contribution in [0.1, 0.15) is 63.9 Å². The number of hydrogen-bond acceptors (Lipinski definition) is 4. The van der Waals surface area contributed by atoms with Crippen molar-refractivity contribution in [2.75, 3.05) is 18.1 Å². The molecule has 32 heavy (non-hydrogen) atoms. The highest BCUT2D eigenvalue weighted by atomic mass is 32.2. The van der Waals surface area contributed by atoms with E-state index in [4.69, 9.17) is 5.11 Å². The lowest BCUT2D eigenvalue weighted by Gasteiger charge is -2.23. The Hall–Kier alpha value is -1.79. The molecule has 6 heteroatoms. The molecule has 0 unspecified atom stereocenters. The van der Waals surface area contributed by atoms with E-state index in [1.54, 1.807) is 11.8 Å². The van der Waals surface area contributed by atoms with Gasteiger partial charge in [-0.3, -0.25) is 9.59 Å². The average Bonchev–Trinajstić information content (AvgIpc) is 3.13. The maximum absolute atomic E-state index is 12.2. The monoisotopic (exact) mass is 461 g/mol. The van der Waals surface area contributed by atoms with E-state index in [2.05, 4.69) is 31.2 Å². The molecule has 0 bridgehead atoms. The van der Waals surface area contributed by atoms with Crippen LogP contribution in [-0.2, 0) is 16.0 Å². The third-order valence-corrected chi connectivity index (χ3v) is 7.16. The van der Waals surface area contributed by atoms with Crippen LogP contribution in [0.4, 0.5) is 0 Å². The summed E-state index contributed by atoms with van der Waals surface area (Å²) in [6, 6.07) is 10.6. The third kappa shape index (κ3) is 10.2. The summed E-state index contributed by atoms with van der Waals surface area (Å²) < 4.78 is 0. The van der Waals surface area contributed by atoms with Crippen molar-refractivity contribution in [3.63, 3.8) is 0 Å². The van der Waals surface area contributed by atoms with Crippen LogP contribution in [0.2, 0.25) is 0 Å². The third-order valence-electron chi connectivity index (χ3n) is 6.11. The topological polar surface area (TPSA) is 77.8 Å². The molecule has 0 aliphatic carbocycles. The zero-order valence-corrected chi connectivity index (χ0v) is 20.1. The maximum Gasteiger partial charge on any atom is 0.303 e. The van der Waals surface area contributed by atoms with Crippen LogP contribution in [-0.4, -0.2) is 57.2 Å². The van der Waals surface area contributed by atoms with Gasteiger partial charge in [0.2, 0.25) is 5.91 Å². The van der Waals surface area contributed by atoms with Gasteiger partial charge in [-0.1, -0.05) is 62.2 Å². The van der Waals surface area contributed by atoms with Gasteiger partial charge < -0.3 is 15.1 Å². The Morgan fingerprint density at radius 3 is 2.72 bits per heavy atom. The van der Waals surface area contributed by atoms with Gasteiger partial charge in [-0.2, -0.15) is 11.8 Å². The van der Waals surface area contributed by atoms with Gasteiger partial charge in [0, 0.05) is 25.1 Å². The van der Waals surface area contributed by atoms with Gasteiger partial charge in [0.1, 0.15) is 0 Å². The Bertz CT molecular complexity index is 709. The molecule has 178 valence electrons. The van der Waals surface area contributed by atoms with E-state index in [1.165, 1.54) is 18.4 Å². The lowest BCUT2D eigenvalue weighted by atomic mass is 9.95. The molecule has 1 aliphatic rings. The number of carbonyl (C=O) groups excluding carboxylic acids is 1. The van der Waals surface area contributed by atoms with E-state index in [0.29, 0.717) is 19.4 Å². The number of unbranched alkanes of at least 4 members (excludes halogenated alkanes) is 2. The molecule has 5 nitrogen and oxygen atoms in total. The smallest absolute Gasteiger partial charge is 0.303 e. The van der Waals surface area contributed by atoms with E-state index in [-0.39, 0.29) is 24.3 Å². The van der Waals surface area contributed by atoms with E-state index < -0.39 is 12.1 Å². The van der Waals surface area contributed by atoms with Crippen molar-refractivity contribution in [3.8, 4) is 0 Å². The van der Waals surface area contributed by atoms with Gasteiger partial charge in [0.05, 0.1) is 12.1 Å². The number of aryl methyl sites for hydroxylation is 1. The summed E-state index contributed by atoms with van der Waals surface area (Å²) in [7, 11) is 0. The second-order valence-corrected chi connectivity index (χ2v) is 9.97. The quantitative estimate of drug-likeness (QED) is 0.270. The van der Waals surface area contributed by atoms with Crippen LogP contribution >= 0.6 is 11.8 Å². The van der Waals surface area contributed by atoms with Crippen molar-refractivity contribution < 1.29 is 19.8 Å². The number of likely N-dealkylation sites (tertiary alicyclic amines) is 1. The number of nitrogens with zero attached hydrogens (tertiary/aromatic N) is 1. The Morgan fingerprint density at radius 2 is 1.97 bits per heavy atom. The van der Waals surface area contributed by atoms with Crippen LogP contribution in [0.3, 0.4) is 0 Å². The number of aliphatic hydroxyl groups is 1. The maximum atomic E-state index is 12.2. The summed E-state index contributed by atoms with van der Waals surface area (Å²) in [6.45, 7) is 2.77. The zero-order chi connectivity index (χ0) is 23.2. The molecule has 1 aromatic carbocycles. The average molecular weight is 462 g/mol. The summed E-state index contributed by atoms with van der Waals surface area (Å²) in [5.74, 6) is 1.24. The van der Waals surface area contributed by atoms with Gasteiger partial charge in [-0.15, -0.1) is 0 Å². The Morgan fingerprint density at radius 1 is 1.19 bits per heavy atom. The molecular formula is C26H39NO4S. The van der Waals surface area contributed by atoms with Crippen molar-refractivity contribution in [3.05, 3.63) is 48.0 Å². The molecule has 3 atom stereocenters. The van der Waals surface area contributed by atoms with Crippen molar-refractivity contribution in [2.45, 2.75) is 76.9 Å². The minimum Gasteiger partial charge on any atom is -0.481 e. The number of benzene rings is 1. The van der Waals surface area contributed by atoms with Gasteiger partial charge in [0.15, 0.2) is 0 Å². The Labute approximate surface area is 197 Å². The normalized spacial score (nSPS) is 18.4. The number of carboxylic acids is 1. The Balaban J connectivity index is 1.63. The van der Waals surface area contributed by atoms with Crippen molar-refractivity contribution >= 4 is 23.6 Å². The van der Waals surface area contributed by atoms with Crippen LogP contribution in [0.5, 0.6) is 0 Å². The zero-order valence-electron chi connectivity index (χ0n) is 19.3. The fourth-order valence-electron chi connectivity index (χ4n) is 4.06. The molecule has 0 radical (unpaired) electrons. The lowest BCUT2D eigenvalue weighted by molar-refractivity contribution is -0.137. The summed E-state index contributed by atoms with van der Waals surface area (Å²) >= 11 is 1.70. The lowest BCUT2D eigenvalue weighted by Crippen LogP contribution is -2.34. The first-order valence-corrected chi connectivity index (χ1v) is 13.1. The molecule has 0 spiro atoms. The predicted octanol–water partition coefficient (Wildman–Crippen LogP) is 4.93. The predicted molar refractivity (Wildman–Crippen MR) is 132 cm³/mol. The first-order chi connectivity index (χ1) is 15.5. The summed E-state index contributed by atoms with van der Waals surface area (Å²) in [6.07, 6.45) is 11.2. The number of amides is 1. The van der Waals surface area contributed by atoms with E-state index in [1.807, 2.05) is 23.1 Å². The molecule has 0 aromatic heterocycles. The van der Waals surface area contributed by atoms with Crippen molar-refractivity contribution in [1.29, 1.82) is 0 Å². The molecule has 1 heterocycles. The molecule has 1 aliphatic heterocycles. The molecule has 2 rings (SSSR count). The molecule has 1 amide bonds. The van der Waals surface area contributed by atoms with Gasteiger partial charge in [-0.05, 0) is 49.3 Å². The summed E-state index contributed by atoms with van der Waals surface area (Å²) in [5.41, 5.74) is 1.39. The van der Waals surface area contributed by atoms with Crippen LogP contribution in [0, 0.1) is 5.92 Å². The van der Waals surface area contributed by atoms with Crippen LogP contribution < -0.4 is 0 Å². The SMILES string of the molecule is C[C@@H](CCCCCc1ccccc1)[C@H](O)C=C[C@H]1CCC(=O)N1CCSCCCC(=O)O. The second-order valence-electron chi connectivity index (χ2n) is 8.74. The minimum atomic E-state index is -0.759. The first-order valence-electron chi connectivity index (χ1n) is 12.0. The van der Waals surface area contributed by atoms with Gasteiger partial charge >= 0.3 is 5.97 Å². The van der Waals surface area contributed by atoms with Gasteiger partial charge in [0.25, 0.3) is 0 Å². The molecular weight excluding hydrogens is 422 g/mol. The van der Waals surface area contributed by atoms with E-state index in [9.17, 15) is 14.7 Å². The number of hydrogen-bond donors (Lipinski definition) is 2. The highest BCUT2D eigenvalue weighted by Crippen LogP contribution is 2.22. The van der Waals surface area contributed by atoms with Gasteiger partial charge in [-0.25, -0.2) is 0 Å². The molecule has 2 N–H and O–H groups in total. The molecule has 1 saturated heterocycles. The fraction of sp³-hybridized carbons (Fsp3) is 0.615. The van der Waals surface area contributed by atoms with Crippen molar-refractivity contribution in [1.82, 2.24) is 4.90 Å². The van der Waals surface area contributed by atoms with E-state index in [0.717, 1.165) is 37.2 Å². The molecule has 1 fully saturated rings. The minimum absolute atomic E-state index is 0.0647. The number of thioether (sulfide) groups is 1. The molecule has 0 saturated carbocycles. The largest absolute Gasteiger partial charge is 0.481 e. The number of rotatable bonds is 16. The number of aliphatic hydroxyl groups excluding tert-OH is 1. The number of aliphatic carboxylic acids is 1. The summed E-state index contributed by atoms with van der Waals surface area (Å²) in [5, 5.41) is 19.2. The fourth-order valence-corrected chi connectivity index (χ4v) is 4.93. The standard InChI is InChI=1S/C26H39NO4S/c1-21(9-4-2-5-10-22-11-6-3-7-12-22)24(28)16-14-23-15-17-25(29)27(23)18-20-32-19-8-13-26(30)31/h3,6-7,11-12,14,16,21,23-24,28H,2,4-5,8-10,13,15,17-20H2,1H3,(H,30,31)/t21-,23-,24+/m0/s1. The highest BCUT2D eigenvalue weighted by Gasteiger charge is 2.28. The Kier molecular flexibility index (Phi) is 12.5. The van der Waals surface area contributed by atoms with Crippen LogP contribution in [0.25, 0.3) is 0 Å². The van der Waals surface area contributed by atoms with Crippen LogP contribution in [0.15, 0.2) is 42.5 Å². The summed E-state index contributed by atoms with van der Waals surface area (Å²) in [4.78, 5) is 24.7. The number of carbonyl (C=O) groups is 2. The highest BCUT2D eigenvalue weighted by molar-refractivity contribution is 7.99. The molecule has 1 aromatic rings. The van der Waals surface area contributed by atoms with E-state index >= 15 is 0 Å². The van der Waals surface area contributed by atoms with Crippen molar-refractivity contribution in [2.24, 2.45) is 5.92 Å². The second kappa shape index (κ2) is 15.1. The first kappa shape index (κ1) is 26.5.